The Hall–Kier alpha value is -0.940. The van der Waals surface area contributed by atoms with E-state index in [1.807, 2.05) is 13.8 Å². The van der Waals surface area contributed by atoms with Crippen LogP contribution in [0, 0.1) is 5.41 Å². The Morgan fingerprint density at radius 3 is 2.93 bits per heavy atom. The number of nitrogens with zero attached hydrogens (tertiary/aromatic N) is 2. The highest BCUT2D eigenvalue weighted by molar-refractivity contribution is 4.80. The molecule has 0 saturated heterocycles. The molecule has 1 rings (SSSR count). The highest BCUT2D eigenvalue weighted by Crippen LogP contribution is 2.10. The van der Waals surface area contributed by atoms with Crippen LogP contribution < -0.4 is 5.32 Å². The zero-order chi connectivity index (χ0) is 11.1. The summed E-state index contributed by atoms with van der Waals surface area (Å²) in [7, 11) is 0. The van der Waals surface area contributed by atoms with Crippen molar-refractivity contribution in [1.29, 1.82) is 0 Å². The topological polar surface area (TPSA) is 73.8 Å². The molecule has 5 heteroatoms. The van der Waals surface area contributed by atoms with Crippen molar-refractivity contribution < 1.29 is 5.11 Å². The van der Waals surface area contributed by atoms with Gasteiger partial charge in [0.2, 0.25) is 0 Å². The number of nitrogens with one attached hydrogen (secondary N) is 2. The molecule has 0 aromatic carbocycles. The normalized spacial score (nSPS) is 11.9. The van der Waals surface area contributed by atoms with Crippen LogP contribution in [-0.4, -0.2) is 40.0 Å². The van der Waals surface area contributed by atoms with Crippen LogP contribution in [0.3, 0.4) is 0 Å². The molecule has 0 atom stereocenters. The van der Waals surface area contributed by atoms with Crippen LogP contribution in [0.2, 0.25) is 0 Å². The molecular weight excluding hydrogens is 192 g/mol. The Kier molecular flexibility index (Phi) is 4.71. The van der Waals surface area contributed by atoms with E-state index in [2.05, 4.69) is 20.5 Å². The quantitative estimate of drug-likeness (QED) is 0.570. The number of rotatable bonds is 7. The van der Waals surface area contributed by atoms with Gasteiger partial charge in [0.15, 0.2) is 0 Å². The van der Waals surface area contributed by atoms with Gasteiger partial charge in [-0.1, -0.05) is 13.8 Å². The molecule has 0 aliphatic rings. The first-order valence-corrected chi connectivity index (χ1v) is 5.30. The van der Waals surface area contributed by atoms with Crippen LogP contribution in [0.5, 0.6) is 0 Å². The predicted molar refractivity (Wildman–Crippen MR) is 58.4 cm³/mol. The minimum absolute atomic E-state index is 0.0355. The van der Waals surface area contributed by atoms with Gasteiger partial charge in [-0.3, -0.25) is 5.10 Å². The Labute approximate surface area is 90.3 Å². The van der Waals surface area contributed by atoms with E-state index in [1.54, 1.807) is 0 Å². The van der Waals surface area contributed by atoms with Crippen molar-refractivity contribution in [2.45, 2.75) is 26.7 Å². The maximum Gasteiger partial charge on any atom is 0.137 e. The third-order valence-corrected chi connectivity index (χ3v) is 2.26. The van der Waals surface area contributed by atoms with Crippen molar-refractivity contribution in [3.63, 3.8) is 0 Å². The maximum atomic E-state index is 9.04. The summed E-state index contributed by atoms with van der Waals surface area (Å²) in [5.41, 5.74) is -0.0355. The first-order valence-electron chi connectivity index (χ1n) is 5.30. The molecule has 0 fully saturated rings. The second-order valence-corrected chi connectivity index (χ2v) is 4.53. The fourth-order valence-electron chi connectivity index (χ4n) is 1.21. The van der Waals surface area contributed by atoms with E-state index in [4.69, 9.17) is 5.11 Å². The lowest BCUT2D eigenvalue weighted by atomic mass is 9.95. The van der Waals surface area contributed by atoms with E-state index < -0.39 is 0 Å². The average molecular weight is 212 g/mol. The number of aryl methyl sites for hydroxylation is 1. The summed E-state index contributed by atoms with van der Waals surface area (Å²) < 4.78 is 0. The average Bonchev–Trinajstić information content (AvgIpc) is 2.70. The Morgan fingerprint density at radius 2 is 2.33 bits per heavy atom. The zero-order valence-corrected chi connectivity index (χ0v) is 9.45. The number of hydrogen-bond acceptors (Lipinski definition) is 4. The summed E-state index contributed by atoms with van der Waals surface area (Å²) in [6.07, 6.45) is 3.46. The number of H-pyrrole nitrogens is 1. The van der Waals surface area contributed by atoms with Gasteiger partial charge in [0.05, 0.1) is 0 Å². The van der Waals surface area contributed by atoms with E-state index >= 15 is 0 Å². The SMILES string of the molecule is CC(C)(CO)CNCCCc1ncn[nH]1. The van der Waals surface area contributed by atoms with Crippen molar-refractivity contribution in [2.24, 2.45) is 5.41 Å². The Balaban J connectivity index is 2.03. The third-order valence-electron chi connectivity index (χ3n) is 2.26. The molecule has 0 aliphatic carbocycles. The maximum absolute atomic E-state index is 9.04. The molecule has 86 valence electrons. The first kappa shape index (κ1) is 12.1. The Bertz CT molecular complexity index is 258. The van der Waals surface area contributed by atoms with E-state index in [-0.39, 0.29) is 12.0 Å². The number of aromatic nitrogens is 3. The molecule has 0 spiro atoms. The lowest BCUT2D eigenvalue weighted by Crippen LogP contribution is -2.32. The summed E-state index contributed by atoms with van der Waals surface area (Å²) in [4.78, 5) is 4.04. The molecule has 15 heavy (non-hydrogen) atoms. The smallest absolute Gasteiger partial charge is 0.137 e. The van der Waals surface area contributed by atoms with Crippen molar-refractivity contribution in [2.75, 3.05) is 19.7 Å². The van der Waals surface area contributed by atoms with Gasteiger partial charge >= 0.3 is 0 Å². The molecule has 0 unspecified atom stereocenters. The summed E-state index contributed by atoms with van der Waals surface area (Å²) in [6.45, 7) is 6.05. The lowest BCUT2D eigenvalue weighted by molar-refractivity contribution is 0.157. The van der Waals surface area contributed by atoms with Crippen LogP contribution in [0.1, 0.15) is 26.1 Å². The molecule has 0 amide bonds. The zero-order valence-electron chi connectivity index (χ0n) is 9.45. The summed E-state index contributed by atoms with van der Waals surface area (Å²) in [5.74, 6) is 0.929. The third kappa shape index (κ3) is 4.90. The fraction of sp³-hybridized carbons (Fsp3) is 0.800. The molecule has 1 aromatic rings. The van der Waals surface area contributed by atoms with Crippen molar-refractivity contribution in [3.05, 3.63) is 12.2 Å². The van der Waals surface area contributed by atoms with Crippen molar-refractivity contribution in [1.82, 2.24) is 20.5 Å². The summed E-state index contributed by atoms with van der Waals surface area (Å²) in [6, 6.07) is 0. The largest absolute Gasteiger partial charge is 0.396 e. The van der Waals surface area contributed by atoms with Gasteiger partial charge < -0.3 is 10.4 Å². The fourth-order valence-corrected chi connectivity index (χ4v) is 1.21. The van der Waals surface area contributed by atoms with E-state index in [0.717, 1.165) is 31.8 Å². The van der Waals surface area contributed by atoms with Crippen LogP contribution in [-0.2, 0) is 6.42 Å². The first-order chi connectivity index (χ1) is 7.14. The number of aromatic amines is 1. The summed E-state index contributed by atoms with van der Waals surface area (Å²) in [5, 5.41) is 19.0. The van der Waals surface area contributed by atoms with Gasteiger partial charge in [0.1, 0.15) is 12.2 Å². The van der Waals surface area contributed by atoms with Gasteiger partial charge in [-0.2, -0.15) is 5.10 Å². The van der Waals surface area contributed by atoms with E-state index in [9.17, 15) is 0 Å². The minimum Gasteiger partial charge on any atom is -0.396 e. The van der Waals surface area contributed by atoms with Crippen molar-refractivity contribution >= 4 is 0 Å². The van der Waals surface area contributed by atoms with E-state index in [0.29, 0.717) is 0 Å². The second-order valence-electron chi connectivity index (χ2n) is 4.53. The lowest BCUT2D eigenvalue weighted by Gasteiger charge is -2.21. The predicted octanol–water partition coefficient (Wildman–Crippen LogP) is 0.345. The van der Waals surface area contributed by atoms with Gasteiger partial charge in [0, 0.05) is 25.0 Å². The number of aliphatic hydroxyl groups is 1. The molecule has 3 N–H and O–H groups in total. The van der Waals surface area contributed by atoms with Gasteiger partial charge in [-0.25, -0.2) is 4.98 Å². The molecule has 0 aliphatic heterocycles. The van der Waals surface area contributed by atoms with Gasteiger partial charge in [0.25, 0.3) is 0 Å². The van der Waals surface area contributed by atoms with Crippen LogP contribution in [0.4, 0.5) is 0 Å². The molecule has 0 saturated carbocycles. The monoisotopic (exact) mass is 212 g/mol. The molecule has 5 nitrogen and oxygen atoms in total. The molecule has 0 radical (unpaired) electrons. The molecule has 1 aromatic heterocycles. The summed E-state index contributed by atoms with van der Waals surface area (Å²) >= 11 is 0. The van der Waals surface area contributed by atoms with Crippen LogP contribution >= 0.6 is 0 Å². The highest BCUT2D eigenvalue weighted by Gasteiger charge is 2.14. The minimum atomic E-state index is -0.0355. The van der Waals surface area contributed by atoms with Crippen LogP contribution in [0.25, 0.3) is 0 Å². The van der Waals surface area contributed by atoms with E-state index in [1.165, 1.54) is 6.33 Å². The Morgan fingerprint density at radius 1 is 1.53 bits per heavy atom. The van der Waals surface area contributed by atoms with Crippen molar-refractivity contribution in [3.8, 4) is 0 Å². The second kappa shape index (κ2) is 5.82. The van der Waals surface area contributed by atoms with Gasteiger partial charge in [-0.05, 0) is 13.0 Å². The standard InChI is InChI=1S/C10H20N4O/c1-10(2,7-15)6-11-5-3-4-9-12-8-13-14-9/h8,11,15H,3-7H2,1-2H3,(H,12,13,14). The molecule has 0 bridgehead atoms. The number of hydrogen-bond donors (Lipinski definition) is 3. The van der Waals surface area contributed by atoms with Gasteiger partial charge in [-0.15, -0.1) is 0 Å². The van der Waals surface area contributed by atoms with Crippen LogP contribution in [0.15, 0.2) is 6.33 Å². The highest BCUT2D eigenvalue weighted by atomic mass is 16.3. The molecular formula is C10H20N4O. The molecule has 1 heterocycles. The number of aliphatic hydroxyl groups excluding tert-OH is 1.